The van der Waals surface area contributed by atoms with Crippen molar-refractivity contribution in [3.63, 3.8) is 0 Å². The van der Waals surface area contributed by atoms with Crippen LogP contribution < -0.4 is 10.1 Å². The number of rotatable bonds is 4. The van der Waals surface area contributed by atoms with Crippen LogP contribution in [0.15, 0.2) is 36.4 Å². The molecule has 0 radical (unpaired) electrons. The van der Waals surface area contributed by atoms with E-state index < -0.39 is 23.6 Å². The average molecular weight is 326 g/mol. The van der Waals surface area contributed by atoms with E-state index in [9.17, 15) is 13.6 Å². The van der Waals surface area contributed by atoms with Gasteiger partial charge in [0.25, 0.3) is 5.91 Å². The van der Waals surface area contributed by atoms with Crippen molar-refractivity contribution in [1.82, 2.24) is 0 Å². The lowest BCUT2D eigenvalue weighted by atomic mass is 10.2. The number of benzene rings is 2. The van der Waals surface area contributed by atoms with Crippen LogP contribution in [0.4, 0.5) is 14.5 Å². The lowest BCUT2D eigenvalue weighted by Gasteiger charge is -2.15. The van der Waals surface area contributed by atoms with E-state index in [2.05, 4.69) is 5.32 Å². The zero-order valence-electron chi connectivity index (χ0n) is 12.0. The third-order valence-electron chi connectivity index (χ3n) is 3.00. The molecule has 1 N–H and O–H groups in total. The maximum absolute atomic E-state index is 13.5. The van der Waals surface area contributed by atoms with E-state index in [1.807, 2.05) is 6.92 Å². The fraction of sp³-hybridized carbons (Fsp3) is 0.188. The molecule has 0 heterocycles. The fourth-order valence-electron chi connectivity index (χ4n) is 1.77. The van der Waals surface area contributed by atoms with E-state index in [0.29, 0.717) is 16.8 Å². The Kier molecular flexibility index (Phi) is 4.98. The van der Waals surface area contributed by atoms with Crippen molar-refractivity contribution in [3.05, 3.63) is 58.6 Å². The van der Waals surface area contributed by atoms with Crippen LogP contribution in [0, 0.1) is 18.6 Å². The molecule has 0 unspecified atom stereocenters. The molecule has 3 nitrogen and oxygen atoms in total. The second kappa shape index (κ2) is 6.75. The number of amides is 1. The van der Waals surface area contributed by atoms with Crippen LogP contribution in [0.1, 0.15) is 12.5 Å². The van der Waals surface area contributed by atoms with E-state index in [4.69, 9.17) is 16.3 Å². The number of nitrogens with one attached hydrogen (secondary N) is 1. The molecule has 0 aromatic heterocycles. The Morgan fingerprint density at radius 2 is 1.95 bits per heavy atom. The second-order valence-corrected chi connectivity index (χ2v) is 5.19. The van der Waals surface area contributed by atoms with Crippen molar-refractivity contribution in [2.45, 2.75) is 20.0 Å². The van der Waals surface area contributed by atoms with Gasteiger partial charge in [0.15, 0.2) is 6.10 Å². The van der Waals surface area contributed by atoms with Crippen molar-refractivity contribution < 1.29 is 18.3 Å². The SMILES string of the molecule is Cc1cc(O[C@H](C)C(=O)Nc2ccc(F)cc2F)ccc1Cl. The van der Waals surface area contributed by atoms with E-state index >= 15 is 0 Å². The Bertz CT molecular complexity index is 707. The van der Waals surface area contributed by atoms with Gasteiger partial charge in [0.05, 0.1) is 5.69 Å². The van der Waals surface area contributed by atoms with Crippen LogP contribution in [0.25, 0.3) is 0 Å². The highest BCUT2D eigenvalue weighted by Crippen LogP contribution is 2.22. The largest absolute Gasteiger partial charge is 0.481 e. The Balaban J connectivity index is 2.04. The van der Waals surface area contributed by atoms with E-state index in [1.54, 1.807) is 18.2 Å². The lowest BCUT2D eigenvalue weighted by Crippen LogP contribution is -2.30. The predicted octanol–water partition coefficient (Wildman–Crippen LogP) is 4.33. The summed E-state index contributed by atoms with van der Waals surface area (Å²) in [5, 5.41) is 2.95. The summed E-state index contributed by atoms with van der Waals surface area (Å²) < 4.78 is 31.8. The van der Waals surface area contributed by atoms with Gasteiger partial charge in [-0.05, 0) is 49.7 Å². The summed E-state index contributed by atoms with van der Waals surface area (Å²) in [4.78, 5) is 12.0. The van der Waals surface area contributed by atoms with Gasteiger partial charge in [0.1, 0.15) is 17.4 Å². The van der Waals surface area contributed by atoms with Gasteiger partial charge in [0, 0.05) is 11.1 Å². The number of halogens is 3. The van der Waals surface area contributed by atoms with E-state index in [-0.39, 0.29) is 5.69 Å². The molecule has 2 aromatic carbocycles. The van der Waals surface area contributed by atoms with Crippen molar-refractivity contribution in [2.75, 3.05) is 5.32 Å². The third kappa shape index (κ3) is 3.95. The number of anilines is 1. The molecule has 1 atom stereocenters. The molecule has 0 saturated heterocycles. The first-order valence-electron chi connectivity index (χ1n) is 6.55. The normalized spacial score (nSPS) is 11.9. The molecule has 2 rings (SSSR count). The van der Waals surface area contributed by atoms with Crippen molar-refractivity contribution in [2.24, 2.45) is 0 Å². The maximum atomic E-state index is 13.5. The number of carbonyl (C=O) groups is 1. The number of hydrogen-bond acceptors (Lipinski definition) is 2. The predicted molar refractivity (Wildman–Crippen MR) is 81.3 cm³/mol. The van der Waals surface area contributed by atoms with Gasteiger partial charge in [-0.1, -0.05) is 11.6 Å². The number of hydrogen-bond donors (Lipinski definition) is 1. The monoisotopic (exact) mass is 325 g/mol. The van der Waals surface area contributed by atoms with Crippen molar-refractivity contribution >= 4 is 23.2 Å². The molecule has 116 valence electrons. The Hall–Kier alpha value is -2.14. The number of carbonyl (C=O) groups excluding carboxylic acids is 1. The van der Waals surface area contributed by atoms with Crippen LogP contribution >= 0.6 is 11.6 Å². The minimum absolute atomic E-state index is 0.103. The molecule has 0 aliphatic rings. The lowest BCUT2D eigenvalue weighted by molar-refractivity contribution is -0.122. The Labute approximate surface area is 131 Å². The molecule has 0 bridgehead atoms. The average Bonchev–Trinajstić information content (AvgIpc) is 2.45. The minimum atomic E-state index is -0.856. The van der Waals surface area contributed by atoms with Gasteiger partial charge < -0.3 is 10.1 Å². The molecule has 0 saturated carbocycles. The van der Waals surface area contributed by atoms with Crippen LogP contribution in [-0.4, -0.2) is 12.0 Å². The zero-order valence-corrected chi connectivity index (χ0v) is 12.7. The van der Waals surface area contributed by atoms with Gasteiger partial charge in [-0.25, -0.2) is 8.78 Å². The molecule has 6 heteroatoms. The summed E-state index contributed by atoms with van der Waals surface area (Å²) in [6.07, 6.45) is -0.856. The Morgan fingerprint density at radius 1 is 1.23 bits per heavy atom. The summed E-state index contributed by atoms with van der Waals surface area (Å²) in [5.74, 6) is -1.62. The quantitative estimate of drug-likeness (QED) is 0.908. The van der Waals surface area contributed by atoms with E-state index in [0.717, 1.165) is 17.7 Å². The van der Waals surface area contributed by atoms with Gasteiger partial charge in [-0.15, -0.1) is 0 Å². The van der Waals surface area contributed by atoms with E-state index in [1.165, 1.54) is 6.92 Å². The van der Waals surface area contributed by atoms with Gasteiger partial charge in [-0.3, -0.25) is 4.79 Å². The van der Waals surface area contributed by atoms with Crippen molar-refractivity contribution in [1.29, 1.82) is 0 Å². The first kappa shape index (κ1) is 16.2. The highest BCUT2D eigenvalue weighted by Gasteiger charge is 2.17. The first-order chi connectivity index (χ1) is 10.4. The third-order valence-corrected chi connectivity index (χ3v) is 3.42. The van der Waals surface area contributed by atoms with Crippen LogP contribution in [0.2, 0.25) is 5.02 Å². The molecule has 0 aliphatic carbocycles. The van der Waals surface area contributed by atoms with Gasteiger partial charge >= 0.3 is 0 Å². The van der Waals surface area contributed by atoms with Crippen molar-refractivity contribution in [3.8, 4) is 5.75 Å². The molecular weight excluding hydrogens is 312 g/mol. The molecule has 2 aromatic rings. The summed E-state index contributed by atoms with van der Waals surface area (Å²) >= 11 is 5.91. The zero-order chi connectivity index (χ0) is 16.3. The second-order valence-electron chi connectivity index (χ2n) is 4.78. The molecule has 0 spiro atoms. The first-order valence-corrected chi connectivity index (χ1v) is 6.93. The summed E-state index contributed by atoms with van der Waals surface area (Å²) in [6, 6.07) is 7.91. The topological polar surface area (TPSA) is 38.3 Å². The minimum Gasteiger partial charge on any atom is -0.481 e. The molecule has 0 fully saturated rings. The smallest absolute Gasteiger partial charge is 0.265 e. The number of ether oxygens (including phenoxy) is 1. The maximum Gasteiger partial charge on any atom is 0.265 e. The highest BCUT2D eigenvalue weighted by molar-refractivity contribution is 6.31. The standard InChI is InChI=1S/C16H14ClF2NO2/c1-9-7-12(4-5-13(9)17)22-10(2)16(21)20-15-6-3-11(18)8-14(15)19/h3-8,10H,1-2H3,(H,20,21)/t10-/m1/s1. The summed E-state index contributed by atoms with van der Waals surface area (Å²) in [7, 11) is 0. The summed E-state index contributed by atoms with van der Waals surface area (Å²) in [5.41, 5.74) is 0.713. The molecule has 0 aliphatic heterocycles. The highest BCUT2D eigenvalue weighted by atomic mass is 35.5. The number of aryl methyl sites for hydroxylation is 1. The fourth-order valence-corrected chi connectivity index (χ4v) is 1.89. The van der Waals surface area contributed by atoms with Crippen LogP contribution in [0.5, 0.6) is 5.75 Å². The summed E-state index contributed by atoms with van der Waals surface area (Å²) in [6.45, 7) is 3.34. The Morgan fingerprint density at radius 3 is 2.59 bits per heavy atom. The molecular formula is C16H14ClF2NO2. The van der Waals surface area contributed by atoms with Gasteiger partial charge in [-0.2, -0.15) is 0 Å². The molecule has 1 amide bonds. The van der Waals surface area contributed by atoms with Crippen LogP contribution in [0.3, 0.4) is 0 Å². The van der Waals surface area contributed by atoms with Gasteiger partial charge in [0.2, 0.25) is 0 Å². The van der Waals surface area contributed by atoms with Crippen LogP contribution in [-0.2, 0) is 4.79 Å². The molecule has 22 heavy (non-hydrogen) atoms.